The van der Waals surface area contributed by atoms with Crippen LogP contribution in [0, 0.1) is 5.82 Å². The fraction of sp³-hybridized carbons (Fsp3) is 0.0625. The van der Waals surface area contributed by atoms with Crippen molar-refractivity contribution in [3.63, 3.8) is 0 Å². The van der Waals surface area contributed by atoms with Gasteiger partial charge in [0.15, 0.2) is 5.65 Å². The van der Waals surface area contributed by atoms with Crippen LogP contribution in [0.4, 0.5) is 10.2 Å². The van der Waals surface area contributed by atoms with Crippen molar-refractivity contribution in [2.75, 3.05) is 5.32 Å². The number of halogens is 2. The molecule has 0 aliphatic heterocycles. The van der Waals surface area contributed by atoms with Crippen molar-refractivity contribution >= 4 is 38.3 Å². The number of hydrogen-bond donors (Lipinski definition) is 1. The summed E-state index contributed by atoms with van der Waals surface area (Å²) in [6.07, 6.45) is 3.45. The molecule has 0 spiro atoms. The van der Waals surface area contributed by atoms with Crippen molar-refractivity contribution in [2.45, 2.75) is 6.54 Å². The SMILES string of the molecule is Fc1cc2nc(NCc3ccnc4ccnn34)ccc2cc1Br. The molecule has 0 amide bonds. The zero-order chi connectivity index (χ0) is 15.8. The van der Waals surface area contributed by atoms with Gasteiger partial charge in [0.1, 0.15) is 11.6 Å². The third-order valence-corrected chi connectivity index (χ3v) is 4.16. The van der Waals surface area contributed by atoms with E-state index in [9.17, 15) is 4.39 Å². The van der Waals surface area contributed by atoms with Gasteiger partial charge in [-0.3, -0.25) is 0 Å². The molecule has 4 aromatic rings. The summed E-state index contributed by atoms with van der Waals surface area (Å²) >= 11 is 3.18. The first kappa shape index (κ1) is 14.1. The average molecular weight is 372 g/mol. The standard InChI is InChI=1S/C16H11BrFN5/c17-12-7-10-1-2-15(22-14(10)8-13(12)18)20-9-11-3-5-19-16-4-6-21-23(11)16/h1-8H,9H2,(H,20,22). The third kappa shape index (κ3) is 2.63. The van der Waals surface area contributed by atoms with E-state index in [1.165, 1.54) is 6.07 Å². The molecule has 0 aliphatic rings. The van der Waals surface area contributed by atoms with Crippen LogP contribution >= 0.6 is 15.9 Å². The summed E-state index contributed by atoms with van der Waals surface area (Å²) in [5.74, 6) is 0.353. The van der Waals surface area contributed by atoms with Gasteiger partial charge in [-0.1, -0.05) is 0 Å². The maximum Gasteiger partial charge on any atom is 0.155 e. The summed E-state index contributed by atoms with van der Waals surface area (Å²) < 4.78 is 15.8. The Morgan fingerprint density at radius 2 is 2.04 bits per heavy atom. The number of aromatic nitrogens is 4. The fourth-order valence-electron chi connectivity index (χ4n) is 2.42. The Kier molecular flexibility index (Phi) is 3.42. The lowest BCUT2D eigenvalue weighted by Crippen LogP contribution is -2.07. The van der Waals surface area contributed by atoms with Crippen LogP contribution in [-0.2, 0) is 6.54 Å². The Bertz CT molecular complexity index is 1010. The predicted molar refractivity (Wildman–Crippen MR) is 89.7 cm³/mol. The van der Waals surface area contributed by atoms with E-state index in [4.69, 9.17) is 0 Å². The molecule has 3 aromatic heterocycles. The number of nitrogens with zero attached hydrogens (tertiary/aromatic N) is 4. The van der Waals surface area contributed by atoms with E-state index >= 15 is 0 Å². The van der Waals surface area contributed by atoms with Gasteiger partial charge < -0.3 is 5.32 Å². The number of hydrogen-bond acceptors (Lipinski definition) is 4. The van der Waals surface area contributed by atoms with Crippen LogP contribution in [0.25, 0.3) is 16.6 Å². The summed E-state index contributed by atoms with van der Waals surface area (Å²) in [5, 5.41) is 8.35. The average Bonchev–Trinajstić information content (AvgIpc) is 3.03. The first-order valence-electron chi connectivity index (χ1n) is 6.98. The molecule has 1 aromatic carbocycles. The Labute approximate surface area is 139 Å². The highest BCUT2D eigenvalue weighted by Crippen LogP contribution is 2.23. The van der Waals surface area contributed by atoms with Gasteiger partial charge in [0.05, 0.1) is 28.4 Å². The quantitative estimate of drug-likeness (QED) is 0.595. The number of rotatable bonds is 3. The predicted octanol–water partition coefficient (Wildman–Crippen LogP) is 3.79. The molecule has 7 heteroatoms. The highest BCUT2D eigenvalue weighted by atomic mass is 79.9. The monoisotopic (exact) mass is 371 g/mol. The van der Waals surface area contributed by atoms with E-state index in [1.54, 1.807) is 23.0 Å². The van der Waals surface area contributed by atoms with Gasteiger partial charge in [-0.25, -0.2) is 18.9 Å². The smallest absolute Gasteiger partial charge is 0.155 e. The lowest BCUT2D eigenvalue weighted by atomic mass is 10.2. The normalized spacial score (nSPS) is 11.2. The van der Waals surface area contributed by atoms with Gasteiger partial charge >= 0.3 is 0 Å². The van der Waals surface area contributed by atoms with Gasteiger partial charge in [-0.05, 0) is 40.2 Å². The Balaban J connectivity index is 1.63. The number of nitrogens with one attached hydrogen (secondary N) is 1. The van der Waals surface area contributed by atoms with Crippen molar-refractivity contribution in [3.05, 3.63) is 64.8 Å². The lowest BCUT2D eigenvalue weighted by molar-refractivity contribution is 0.623. The zero-order valence-electron chi connectivity index (χ0n) is 11.9. The maximum atomic E-state index is 13.6. The molecule has 0 aliphatic carbocycles. The number of pyridine rings is 1. The molecule has 1 N–H and O–H groups in total. The second-order valence-corrected chi connectivity index (χ2v) is 5.90. The molecule has 5 nitrogen and oxygen atoms in total. The molecule has 0 bridgehead atoms. The third-order valence-electron chi connectivity index (χ3n) is 3.55. The van der Waals surface area contributed by atoms with Crippen molar-refractivity contribution in [2.24, 2.45) is 0 Å². The van der Waals surface area contributed by atoms with Crippen molar-refractivity contribution < 1.29 is 4.39 Å². The van der Waals surface area contributed by atoms with Crippen LogP contribution in [0.15, 0.2) is 53.3 Å². The van der Waals surface area contributed by atoms with Gasteiger partial charge in [0.2, 0.25) is 0 Å². The molecule has 0 atom stereocenters. The fourth-order valence-corrected chi connectivity index (χ4v) is 2.78. The van der Waals surface area contributed by atoms with E-state index < -0.39 is 0 Å². The second kappa shape index (κ2) is 5.58. The summed E-state index contributed by atoms with van der Waals surface area (Å²) in [5.41, 5.74) is 2.36. The topological polar surface area (TPSA) is 55.1 Å². The molecule has 0 fully saturated rings. The lowest BCUT2D eigenvalue weighted by Gasteiger charge is -2.08. The van der Waals surface area contributed by atoms with Crippen molar-refractivity contribution in [1.29, 1.82) is 0 Å². The first-order chi connectivity index (χ1) is 11.2. The minimum atomic E-state index is -0.325. The van der Waals surface area contributed by atoms with Crippen LogP contribution in [0.3, 0.4) is 0 Å². The highest BCUT2D eigenvalue weighted by Gasteiger charge is 2.06. The van der Waals surface area contributed by atoms with Crippen molar-refractivity contribution in [3.8, 4) is 0 Å². The molecule has 0 saturated heterocycles. The second-order valence-electron chi connectivity index (χ2n) is 5.05. The Morgan fingerprint density at radius 3 is 2.96 bits per heavy atom. The minimum Gasteiger partial charge on any atom is -0.364 e. The van der Waals surface area contributed by atoms with E-state index in [-0.39, 0.29) is 5.82 Å². The van der Waals surface area contributed by atoms with Gasteiger partial charge in [-0.15, -0.1) is 0 Å². The van der Waals surface area contributed by atoms with Crippen LogP contribution < -0.4 is 5.32 Å². The van der Waals surface area contributed by atoms with Gasteiger partial charge in [0, 0.05) is 23.7 Å². The summed E-state index contributed by atoms with van der Waals surface area (Å²) in [6, 6.07) is 10.7. The number of fused-ring (bicyclic) bond motifs is 2. The van der Waals surface area contributed by atoms with E-state index in [0.717, 1.165) is 16.7 Å². The molecular weight excluding hydrogens is 361 g/mol. The maximum absolute atomic E-state index is 13.6. The molecule has 0 unspecified atom stereocenters. The molecule has 3 heterocycles. The zero-order valence-corrected chi connectivity index (χ0v) is 13.5. The molecule has 0 radical (unpaired) electrons. The molecule has 0 saturated carbocycles. The molecule has 4 rings (SSSR count). The van der Waals surface area contributed by atoms with Crippen LogP contribution in [-0.4, -0.2) is 19.6 Å². The minimum absolute atomic E-state index is 0.325. The van der Waals surface area contributed by atoms with Crippen LogP contribution in [0.5, 0.6) is 0 Å². The Hall–Kier alpha value is -2.54. The van der Waals surface area contributed by atoms with Gasteiger partial charge in [-0.2, -0.15) is 5.10 Å². The van der Waals surface area contributed by atoms with Gasteiger partial charge in [0.25, 0.3) is 0 Å². The summed E-state index contributed by atoms with van der Waals surface area (Å²) in [6.45, 7) is 0.540. The van der Waals surface area contributed by atoms with E-state index in [1.807, 2.05) is 24.3 Å². The molecule has 23 heavy (non-hydrogen) atoms. The van der Waals surface area contributed by atoms with E-state index in [2.05, 4.69) is 36.3 Å². The Morgan fingerprint density at radius 1 is 1.13 bits per heavy atom. The summed E-state index contributed by atoms with van der Waals surface area (Å²) in [7, 11) is 0. The highest BCUT2D eigenvalue weighted by molar-refractivity contribution is 9.10. The van der Waals surface area contributed by atoms with Crippen LogP contribution in [0.1, 0.15) is 5.69 Å². The number of benzene rings is 1. The van der Waals surface area contributed by atoms with Crippen LogP contribution in [0.2, 0.25) is 0 Å². The number of anilines is 1. The van der Waals surface area contributed by atoms with Crippen molar-refractivity contribution in [1.82, 2.24) is 19.6 Å². The molecular formula is C16H11BrFN5. The van der Waals surface area contributed by atoms with E-state index in [0.29, 0.717) is 22.4 Å². The molecule has 114 valence electrons. The largest absolute Gasteiger partial charge is 0.364 e. The first-order valence-corrected chi connectivity index (χ1v) is 7.77. The summed E-state index contributed by atoms with van der Waals surface area (Å²) in [4.78, 5) is 8.67.